The Morgan fingerprint density at radius 3 is 2.55 bits per heavy atom. The minimum absolute atomic E-state index is 0.0479. The van der Waals surface area contributed by atoms with Crippen molar-refractivity contribution in [2.24, 2.45) is 5.92 Å². The lowest BCUT2D eigenvalue weighted by atomic mass is 10.1. The highest BCUT2D eigenvalue weighted by Crippen LogP contribution is 2.32. The third-order valence-corrected chi connectivity index (χ3v) is 6.12. The van der Waals surface area contributed by atoms with Crippen LogP contribution >= 0.6 is 27.5 Å². The summed E-state index contributed by atoms with van der Waals surface area (Å²) in [6.45, 7) is 0.375. The number of aliphatic hydroxyl groups excluding tert-OH is 1. The number of hydrogen-bond donors (Lipinski definition) is 2. The van der Waals surface area contributed by atoms with Crippen molar-refractivity contribution in [1.82, 2.24) is 4.31 Å². The molecule has 2 N–H and O–H groups in total. The van der Waals surface area contributed by atoms with Gasteiger partial charge in [0, 0.05) is 30.1 Å². The van der Waals surface area contributed by atoms with Crippen LogP contribution in [0.2, 0.25) is 5.02 Å². The van der Waals surface area contributed by atoms with E-state index in [1.807, 2.05) is 0 Å². The van der Waals surface area contributed by atoms with E-state index in [1.54, 1.807) is 0 Å². The van der Waals surface area contributed by atoms with Crippen LogP contribution in [0.15, 0.2) is 21.5 Å². The van der Waals surface area contributed by atoms with E-state index in [4.69, 9.17) is 21.8 Å². The van der Waals surface area contributed by atoms with Crippen LogP contribution in [0.25, 0.3) is 0 Å². The first-order chi connectivity index (χ1) is 9.27. The van der Waals surface area contributed by atoms with E-state index in [0.717, 1.165) is 6.07 Å². The zero-order valence-electron chi connectivity index (χ0n) is 10.1. The molecule has 0 saturated carbocycles. The van der Waals surface area contributed by atoms with E-state index < -0.39 is 16.0 Å². The molecule has 0 aromatic heterocycles. The van der Waals surface area contributed by atoms with Crippen molar-refractivity contribution in [3.63, 3.8) is 0 Å². The number of carboxylic acid groups (broad SMARTS) is 1. The maximum atomic E-state index is 12.3. The summed E-state index contributed by atoms with van der Waals surface area (Å²) in [6, 6.07) is 2.31. The quantitative estimate of drug-likeness (QED) is 0.818. The number of rotatable bonds is 4. The largest absolute Gasteiger partial charge is 0.478 e. The molecule has 1 aliphatic heterocycles. The molecule has 20 heavy (non-hydrogen) atoms. The number of carbonyl (C=O) groups is 1. The number of carboxylic acids is 1. The van der Waals surface area contributed by atoms with Gasteiger partial charge in [-0.05, 0) is 28.1 Å². The molecule has 2 rings (SSSR count). The highest BCUT2D eigenvalue weighted by molar-refractivity contribution is 9.10. The van der Waals surface area contributed by atoms with Crippen LogP contribution in [-0.2, 0) is 10.0 Å². The molecule has 0 unspecified atom stereocenters. The Hall–Kier alpha value is -0.670. The van der Waals surface area contributed by atoms with Crippen LogP contribution < -0.4 is 0 Å². The zero-order chi connectivity index (χ0) is 15.1. The zero-order valence-corrected chi connectivity index (χ0v) is 13.2. The van der Waals surface area contributed by atoms with Gasteiger partial charge in [0.05, 0.1) is 15.5 Å². The van der Waals surface area contributed by atoms with Gasteiger partial charge in [0.2, 0.25) is 10.0 Å². The van der Waals surface area contributed by atoms with E-state index in [-0.39, 0.29) is 45.6 Å². The van der Waals surface area contributed by atoms with Gasteiger partial charge in [-0.15, -0.1) is 0 Å². The molecule has 6 nitrogen and oxygen atoms in total. The van der Waals surface area contributed by atoms with Gasteiger partial charge in [-0.3, -0.25) is 0 Å². The molecule has 0 amide bonds. The molecule has 110 valence electrons. The number of nitrogens with zero attached hydrogens (tertiary/aromatic N) is 1. The smallest absolute Gasteiger partial charge is 0.337 e. The predicted octanol–water partition coefficient (Wildman–Crippen LogP) is 1.41. The summed E-state index contributed by atoms with van der Waals surface area (Å²) >= 11 is 8.87. The second-order valence-corrected chi connectivity index (χ2v) is 7.61. The molecule has 1 aliphatic rings. The van der Waals surface area contributed by atoms with Crippen molar-refractivity contribution >= 4 is 43.5 Å². The topological polar surface area (TPSA) is 94.9 Å². The van der Waals surface area contributed by atoms with Gasteiger partial charge < -0.3 is 10.2 Å². The van der Waals surface area contributed by atoms with Crippen LogP contribution in [-0.4, -0.2) is 48.6 Å². The SMILES string of the molecule is O=C(O)c1cc(S(=O)(=O)N2CC(CO)C2)cc(Br)c1Cl. The molecule has 9 heteroatoms. The van der Waals surface area contributed by atoms with Crippen molar-refractivity contribution in [3.8, 4) is 0 Å². The van der Waals surface area contributed by atoms with E-state index >= 15 is 0 Å². The highest BCUT2D eigenvalue weighted by atomic mass is 79.9. The van der Waals surface area contributed by atoms with Crippen molar-refractivity contribution in [3.05, 3.63) is 27.2 Å². The van der Waals surface area contributed by atoms with E-state index in [2.05, 4.69) is 15.9 Å². The number of sulfonamides is 1. The lowest BCUT2D eigenvalue weighted by Crippen LogP contribution is -2.51. The molecule has 1 heterocycles. The average Bonchev–Trinajstić information content (AvgIpc) is 2.30. The Kier molecular flexibility index (Phi) is 4.41. The van der Waals surface area contributed by atoms with Gasteiger partial charge in [-0.1, -0.05) is 11.6 Å². The first-order valence-corrected chi connectivity index (χ1v) is 8.21. The average molecular weight is 385 g/mol. The lowest BCUT2D eigenvalue weighted by molar-refractivity contribution is 0.0696. The summed E-state index contributed by atoms with van der Waals surface area (Å²) in [5, 5.41) is 17.9. The third-order valence-electron chi connectivity index (χ3n) is 3.05. The molecular weight excluding hydrogens is 374 g/mol. The van der Waals surface area contributed by atoms with Gasteiger partial charge in [0.25, 0.3) is 0 Å². The third kappa shape index (κ3) is 2.71. The summed E-state index contributed by atoms with van der Waals surface area (Å²) in [5.74, 6) is -1.37. The molecule has 0 atom stereocenters. The minimum atomic E-state index is -3.77. The fraction of sp³-hybridized carbons (Fsp3) is 0.364. The van der Waals surface area contributed by atoms with Crippen LogP contribution in [0.3, 0.4) is 0 Å². The predicted molar refractivity (Wildman–Crippen MR) is 75.4 cm³/mol. The molecule has 1 aromatic carbocycles. The van der Waals surface area contributed by atoms with Crippen LogP contribution in [0.5, 0.6) is 0 Å². The highest BCUT2D eigenvalue weighted by Gasteiger charge is 2.37. The monoisotopic (exact) mass is 383 g/mol. The number of aliphatic hydroxyl groups is 1. The van der Waals surface area contributed by atoms with E-state index in [9.17, 15) is 13.2 Å². The maximum absolute atomic E-state index is 12.3. The molecule has 1 saturated heterocycles. The second-order valence-electron chi connectivity index (χ2n) is 4.44. The minimum Gasteiger partial charge on any atom is -0.478 e. The van der Waals surface area contributed by atoms with Crippen LogP contribution in [0, 0.1) is 5.92 Å². The Balaban J connectivity index is 2.41. The number of aromatic carboxylic acids is 1. The van der Waals surface area contributed by atoms with Crippen molar-refractivity contribution < 1.29 is 23.4 Å². The summed E-state index contributed by atoms with van der Waals surface area (Å²) in [4.78, 5) is 10.9. The molecular formula is C11H11BrClNO5S. The first kappa shape index (κ1) is 15.7. The second kappa shape index (κ2) is 5.61. The van der Waals surface area contributed by atoms with Gasteiger partial charge >= 0.3 is 5.97 Å². The maximum Gasteiger partial charge on any atom is 0.337 e. The number of benzene rings is 1. The molecule has 0 aliphatic carbocycles. The van der Waals surface area contributed by atoms with Crippen LogP contribution in [0.1, 0.15) is 10.4 Å². The van der Waals surface area contributed by atoms with Gasteiger partial charge in [-0.25, -0.2) is 13.2 Å². The summed E-state index contributed by atoms with van der Waals surface area (Å²) in [7, 11) is -3.77. The van der Waals surface area contributed by atoms with Gasteiger partial charge in [0.15, 0.2) is 0 Å². The molecule has 0 spiro atoms. The summed E-state index contributed by atoms with van der Waals surface area (Å²) in [5.41, 5.74) is -0.279. The van der Waals surface area contributed by atoms with Crippen molar-refractivity contribution in [1.29, 1.82) is 0 Å². The van der Waals surface area contributed by atoms with E-state index in [1.165, 1.54) is 10.4 Å². The van der Waals surface area contributed by atoms with Crippen molar-refractivity contribution in [2.45, 2.75) is 4.90 Å². The fourth-order valence-electron chi connectivity index (χ4n) is 1.85. The van der Waals surface area contributed by atoms with Crippen LogP contribution in [0.4, 0.5) is 0 Å². The molecule has 1 fully saturated rings. The molecule has 0 bridgehead atoms. The number of hydrogen-bond acceptors (Lipinski definition) is 4. The number of halogens is 2. The van der Waals surface area contributed by atoms with Gasteiger partial charge in [0.1, 0.15) is 0 Å². The Morgan fingerprint density at radius 2 is 2.05 bits per heavy atom. The van der Waals surface area contributed by atoms with E-state index in [0.29, 0.717) is 0 Å². The Morgan fingerprint density at radius 1 is 1.45 bits per heavy atom. The standard InChI is InChI=1S/C11H11BrClNO5S/c12-9-2-7(1-8(10(9)13)11(16)17)20(18,19)14-3-6(4-14)5-15/h1-2,6,15H,3-5H2,(H,16,17). The van der Waals surface area contributed by atoms with Gasteiger partial charge in [-0.2, -0.15) is 4.31 Å². The first-order valence-electron chi connectivity index (χ1n) is 5.60. The Labute approximate surface area is 129 Å². The molecule has 0 radical (unpaired) electrons. The lowest BCUT2D eigenvalue weighted by Gasteiger charge is -2.37. The normalized spacial score (nSPS) is 16.9. The Bertz CT molecular complexity index is 657. The summed E-state index contributed by atoms with van der Waals surface area (Å²) < 4.78 is 26.0. The van der Waals surface area contributed by atoms with Crippen molar-refractivity contribution in [2.75, 3.05) is 19.7 Å². The fourth-order valence-corrected chi connectivity index (χ4v) is 4.30. The summed E-state index contributed by atoms with van der Waals surface area (Å²) in [6.07, 6.45) is 0. The molecule has 1 aromatic rings.